The summed E-state index contributed by atoms with van der Waals surface area (Å²) in [7, 11) is 4.47. The van der Waals surface area contributed by atoms with E-state index < -0.39 is 5.97 Å². The van der Waals surface area contributed by atoms with Gasteiger partial charge in [-0.15, -0.1) is 11.3 Å². The number of aromatic nitrogens is 1. The monoisotopic (exact) mass is 372 g/mol. The molecule has 0 atom stereocenters. The Morgan fingerprint density at radius 1 is 1.30 bits per heavy atom. The molecule has 0 spiro atoms. The summed E-state index contributed by atoms with van der Waals surface area (Å²) in [5.41, 5.74) is 1.81. The lowest BCUT2D eigenvalue weighted by molar-refractivity contribution is -0.136. The SMILES string of the molecule is CO/C=C(\C(=O)OC)N(C)c1nc(-c2ccc(Cl)c(Cl)c2)cs1. The number of hydrogen-bond donors (Lipinski definition) is 0. The number of likely N-dealkylation sites (N-methyl/N-ethyl adjacent to an activating group) is 1. The third kappa shape index (κ3) is 3.96. The van der Waals surface area contributed by atoms with Crippen LogP contribution in [0.15, 0.2) is 35.5 Å². The van der Waals surface area contributed by atoms with E-state index in [1.807, 2.05) is 11.4 Å². The van der Waals surface area contributed by atoms with Gasteiger partial charge in [0.1, 0.15) is 6.26 Å². The third-order valence-electron chi connectivity index (χ3n) is 2.98. The molecule has 0 unspecified atom stereocenters. The van der Waals surface area contributed by atoms with E-state index in [-0.39, 0.29) is 5.70 Å². The van der Waals surface area contributed by atoms with E-state index in [4.69, 9.17) is 32.7 Å². The number of thiazole rings is 1. The van der Waals surface area contributed by atoms with Gasteiger partial charge in [0, 0.05) is 18.0 Å². The fraction of sp³-hybridized carbons (Fsp3) is 0.200. The number of ether oxygens (including phenoxy) is 2. The Kier molecular flexibility index (Phi) is 5.87. The second-order valence-corrected chi connectivity index (χ2v) is 6.08. The lowest BCUT2D eigenvalue weighted by atomic mass is 10.2. The number of halogens is 2. The van der Waals surface area contributed by atoms with Crippen LogP contribution in [0.4, 0.5) is 5.13 Å². The van der Waals surface area contributed by atoms with E-state index in [1.165, 1.54) is 31.8 Å². The first kappa shape index (κ1) is 17.6. The number of carbonyl (C=O) groups excluding carboxylic acids is 1. The normalized spacial score (nSPS) is 11.3. The number of nitrogens with zero attached hydrogens (tertiary/aromatic N) is 2. The van der Waals surface area contributed by atoms with Crippen molar-refractivity contribution in [2.75, 3.05) is 26.2 Å². The number of carbonyl (C=O) groups is 1. The molecular formula is C15H14Cl2N2O3S. The van der Waals surface area contributed by atoms with Crippen molar-refractivity contribution in [2.45, 2.75) is 0 Å². The minimum absolute atomic E-state index is 0.241. The molecule has 8 heteroatoms. The molecule has 0 aliphatic rings. The van der Waals surface area contributed by atoms with E-state index in [2.05, 4.69) is 4.98 Å². The first-order valence-electron chi connectivity index (χ1n) is 6.44. The van der Waals surface area contributed by atoms with Crippen molar-refractivity contribution in [3.63, 3.8) is 0 Å². The molecular weight excluding hydrogens is 359 g/mol. The number of esters is 1. The van der Waals surface area contributed by atoms with Gasteiger partial charge in [0.2, 0.25) is 0 Å². The van der Waals surface area contributed by atoms with Gasteiger partial charge in [0.25, 0.3) is 0 Å². The Bertz CT molecular complexity index is 746. The first-order chi connectivity index (χ1) is 11.0. The highest BCUT2D eigenvalue weighted by molar-refractivity contribution is 7.14. The summed E-state index contributed by atoms with van der Waals surface area (Å²) in [5.74, 6) is -0.513. The number of benzene rings is 1. The van der Waals surface area contributed by atoms with Crippen LogP contribution in [0.25, 0.3) is 11.3 Å². The zero-order valence-corrected chi connectivity index (χ0v) is 15.0. The fourth-order valence-electron chi connectivity index (χ4n) is 1.79. The summed E-state index contributed by atoms with van der Waals surface area (Å²) in [5, 5.41) is 3.42. The van der Waals surface area contributed by atoms with Gasteiger partial charge in [-0.3, -0.25) is 0 Å². The number of rotatable bonds is 5. The van der Waals surface area contributed by atoms with Crippen LogP contribution < -0.4 is 4.90 Å². The Balaban J connectivity index is 2.32. The van der Waals surface area contributed by atoms with E-state index in [0.717, 1.165) is 11.3 Å². The number of hydrogen-bond acceptors (Lipinski definition) is 6. The first-order valence-corrected chi connectivity index (χ1v) is 8.07. The molecule has 23 heavy (non-hydrogen) atoms. The maximum Gasteiger partial charge on any atom is 0.357 e. The van der Waals surface area contributed by atoms with Crippen molar-refractivity contribution in [2.24, 2.45) is 0 Å². The smallest absolute Gasteiger partial charge is 0.357 e. The van der Waals surface area contributed by atoms with Gasteiger partial charge >= 0.3 is 5.97 Å². The topological polar surface area (TPSA) is 51.7 Å². The second kappa shape index (κ2) is 7.68. The highest BCUT2D eigenvalue weighted by Crippen LogP contribution is 2.32. The van der Waals surface area contributed by atoms with Crippen molar-refractivity contribution in [3.8, 4) is 11.3 Å². The summed E-state index contributed by atoms with van der Waals surface area (Å²) in [6.45, 7) is 0. The molecule has 0 saturated heterocycles. The summed E-state index contributed by atoms with van der Waals surface area (Å²) < 4.78 is 9.67. The predicted octanol–water partition coefficient (Wildman–Crippen LogP) is 4.21. The Morgan fingerprint density at radius 2 is 2.04 bits per heavy atom. The summed E-state index contributed by atoms with van der Waals surface area (Å²) in [6.07, 6.45) is 1.31. The van der Waals surface area contributed by atoms with Crippen molar-refractivity contribution in [3.05, 3.63) is 45.6 Å². The van der Waals surface area contributed by atoms with E-state index in [9.17, 15) is 4.79 Å². The number of anilines is 1. The van der Waals surface area contributed by atoms with Crippen molar-refractivity contribution >= 4 is 45.6 Å². The van der Waals surface area contributed by atoms with Crippen LogP contribution in [0, 0.1) is 0 Å². The molecule has 0 bridgehead atoms. The molecule has 1 aromatic carbocycles. The molecule has 2 rings (SSSR count). The molecule has 122 valence electrons. The lowest BCUT2D eigenvalue weighted by Crippen LogP contribution is -2.24. The van der Waals surface area contributed by atoms with E-state index in [1.54, 1.807) is 24.1 Å². The highest BCUT2D eigenvalue weighted by atomic mass is 35.5. The third-order valence-corrected chi connectivity index (χ3v) is 4.64. The minimum Gasteiger partial charge on any atom is -0.502 e. The van der Waals surface area contributed by atoms with Crippen molar-refractivity contribution in [1.29, 1.82) is 0 Å². The predicted molar refractivity (Wildman–Crippen MR) is 93.1 cm³/mol. The molecule has 0 radical (unpaired) electrons. The van der Waals surface area contributed by atoms with Crippen molar-refractivity contribution < 1.29 is 14.3 Å². The largest absolute Gasteiger partial charge is 0.502 e. The molecule has 0 aliphatic heterocycles. The average molecular weight is 373 g/mol. The Labute approximate surface area is 148 Å². The maximum atomic E-state index is 11.8. The quantitative estimate of drug-likeness (QED) is 0.446. The zero-order valence-electron chi connectivity index (χ0n) is 12.7. The standard InChI is InChI=1S/C15H14Cl2N2O3S/c1-19(13(7-21-2)14(20)22-3)15-18-12(8-23-15)9-4-5-10(16)11(17)6-9/h4-8H,1-3H3/b13-7+. The highest BCUT2D eigenvalue weighted by Gasteiger charge is 2.20. The summed E-state index contributed by atoms with van der Waals surface area (Å²) in [4.78, 5) is 17.9. The van der Waals surface area contributed by atoms with Gasteiger partial charge in [-0.1, -0.05) is 29.3 Å². The fourth-order valence-corrected chi connectivity index (χ4v) is 2.90. The van der Waals surface area contributed by atoms with Gasteiger partial charge in [-0.2, -0.15) is 0 Å². The molecule has 0 amide bonds. The molecule has 0 N–H and O–H groups in total. The van der Waals surface area contributed by atoms with Crippen LogP contribution in [0.1, 0.15) is 0 Å². The van der Waals surface area contributed by atoms with Crippen LogP contribution in [-0.2, 0) is 14.3 Å². The van der Waals surface area contributed by atoms with Crippen LogP contribution >= 0.6 is 34.5 Å². The van der Waals surface area contributed by atoms with Gasteiger partial charge in [0.15, 0.2) is 10.8 Å². The molecule has 0 fully saturated rings. The van der Waals surface area contributed by atoms with E-state index >= 15 is 0 Å². The molecule has 0 aliphatic carbocycles. The van der Waals surface area contributed by atoms with Crippen LogP contribution in [0.2, 0.25) is 10.0 Å². The van der Waals surface area contributed by atoms with E-state index in [0.29, 0.717) is 15.2 Å². The number of methoxy groups -OCH3 is 2. The molecule has 2 aromatic rings. The van der Waals surface area contributed by atoms with Crippen LogP contribution in [-0.4, -0.2) is 32.2 Å². The molecule has 5 nitrogen and oxygen atoms in total. The minimum atomic E-state index is -0.513. The van der Waals surface area contributed by atoms with Gasteiger partial charge in [-0.05, 0) is 12.1 Å². The van der Waals surface area contributed by atoms with Crippen LogP contribution in [0.5, 0.6) is 0 Å². The van der Waals surface area contributed by atoms with Crippen LogP contribution in [0.3, 0.4) is 0 Å². The molecule has 1 aromatic heterocycles. The van der Waals surface area contributed by atoms with Crippen molar-refractivity contribution in [1.82, 2.24) is 4.98 Å². The van der Waals surface area contributed by atoms with Gasteiger partial charge in [-0.25, -0.2) is 9.78 Å². The average Bonchev–Trinajstić information content (AvgIpc) is 3.04. The Hall–Kier alpha value is -1.76. The summed E-state index contributed by atoms with van der Waals surface area (Å²) in [6, 6.07) is 5.29. The Morgan fingerprint density at radius 3 is 2.65 bits per heavy atom. The molecule has 0 saturated carbocycles. The maximum absolute atomic E-state index is 11.8. The molecule has 1 heterocycles. The lowest BCUT2D eigenvalue weighted by Gasteiger charge is -2.17. The van der Waals surface area contributed by atoms with Gasteiger partial charge in [0.05, 0.1) is 30.0 Å². The second-order valence-electron chi connectivity index (χ2n) is 4.43. The zero-order chi connectivity index (χ0) is 17.0. The summed E-state index contributed by atoms with van der Waals surface area (Å²) >= 11 is 13.3. The van der Waals surface area contributed by atoms with Gasteiger partial charge < -0.3 is 14.4 Å².